The van der Waals surface area contributed by atoms with Crippen molar-refractivity contribution in [1.82, 2.24) is 9.80 Å². The molecule has 0 spiro atoms. The molecule has 3 rings (SSSR count). The van der Waals surface area contributed by atoms with E-state index in [1.54, 1.807) is 7.11 Å². The number of amides is 1. The number of ether oxygens (including phenoxy) is 3. The number of hydrogen-bond acceptors (Lipinski definition) is 7. The minimum Gasteiger partial charge on any atom is -0.493 e. The smallest absolute Gasteiger partial charge is 0.303 e. The molecule has 1 N–H and O–H groups in total. The Morgan fingerprint density at radius 3 is 2.18 bits per heavy atom. The van der Waals surface area contributed by atoms with Crippen LogP contribution in [0.2, 0.25) is 0 Å². The number of anilines is 1. The van der Waals surface area contributed by atoms with E-state index in [2.05, 4.69) is 15.1 Å². The average molecular weight is 470 g/mol. The zero-order chi connectivity index (χ0) is 24.5. The summed E-state index contributed by atoms with van der Waals surface area (Å²) in [5, 5.41) is 3.05. The van der Waals surface area contributed by atoms with E-state index in [9.17, 15) is 9.59 Å². The third-order valence-electron chi connectivity index (χ3n) is 5.87. The highest BCUT2D eigenvalue weighted by Gasteiger charge is 2.24. The van der Waals surface area contributed by atoms with Crippen LogP contribution in [0.1, 0.15) is 18.1 Å². The van der Waals surface area contributed by atoms with Crippen molar-refractivity contribution >= 4 is 17.6 Å². The van der Waals surface area contributed by atoms with E-state index in [0.717, 1.165) is 43.0 Å². The van der Waals surface area contributed by atoms with Gasteiger partial charge in [-0.2, -0.15) is 0 Å². The van der Waals surface area contributed by atoms with Crippen molar-refractivity contribution in [1.29, 1.82) is 0 Å². The summed E-state index contributed by atoms with van der Waals surface area (Å²) < 4.78 is 16.7. The van der Waals surface area contributed by atoms with Crippen LogP contribution >= 0.6 is 0 Å². The van der Waals surface area contributed by atoms with Gasteiger partial charge in [-0.3, -0.25) is 19.4 Å². The second-order valence-corrected chi connectivity index (χ2v) is 8.59. The Labute approximate surface area is 201 Å². The lowest BCUT2D eigenvalue weighted by Gasteiger charge is -2.35. The molecule has 1 amide bonds. The molecule has 1 saturated heterocycles. The van der Waals surface area contributed by atoms with Gasteiger partial charge in [0.1, 0.15) is 12.7 Å². The maximum Gasteiger partial charge on any atom is 0.303 e. The van der Waals surface area contributed by atoms with E-state index in [-0.39, 0.29) is 18.5 Å². The molecule has 2 aromatic rings. The number of carbonyl (C=O) groups excluding carboxylic acids is 2. The zero-order valence-electron chi connectivity index (χ0n) is 20.5. The SMILES string of the molecule is COc1ccccc1OCC(CN1CCN(CC(=O)Nc2c(C)cccc2C)CC1)OC(C)=O. The number of aryl methyl sites for hydroxylation is 2. The summed E-state index contributed by atoms with van der Waals surface area (Å²) in [6.45, 7) is 9.65. The molecule has 1 aliphatic rings. The Kier molecular flexibility index (Phi) is 9.30. The number of methoxy groups -OCH3 is 1. The average Bonchev–Trinajstić information content (AvgIpc) is 2.81. The van der Waals surface area contributed by atoms with Crippen LogP contribution in [0, 0.1) is 13.8 Å². The Bertz CT molecular complexity index is 952. The number of para-hydroxylation sites is 3. The normalized spacial score (nSPS) is 15.4. The van der Waals surface area contributed by atoms with Gasteiger partial charge in [-0.1, -0.05) is 30.3 Å². The van der Waals surface area contributed by atoms with E-state index >= 15 is 0 Å². The fourth-order valence-corrected chi connectivity index (χ4v) is 4.09. The summed E-state index contributed by atoms with van der Waals surface area (Å²) in [4.78, 5) is 28.6. The third-order valence-corrected chi connectivity index (χ3v) is 5.87. The predicted molar refractivity (Wildman–Crippen MR) is 131 cm³/mol. The number of esters is 1. The summed E-state index contributed by atoms with van der Waals surface area (Å²) in [7, 11) is 1.59. The van der Waals surface area contributed by atoms with Crippen molar-refractivity contribution in [3.8, 4) is 11.5 Å². The highest BCUT2D eigenvalue weighted by Crippen LogP contribution is 2.26. The van der Waals surface area contributed by atoms with E-state index < -0.39 is 6.10 Å². The molecular weight excluding hydrogens is 434 g/mol. The molecule has 1 unspecified atom stereocenters. The van der Waals surface area contributed by atoms with Gasteiger partial charge in [0.25, 0.3) is 0 Å². The fraction of sp³-hybridized carbons (Fsp3) is 0.462. The first-order chi connectivity index (χ1) is 16.4. The summed E-state index contributed by atoms with van der Waals surface area (Å²) in [5.74, 6) is 0.906. The summed E-state index contributed by atoms with van der Waals surface area (Å²) in [6, 6.07) is 13.4. The molecule has 0 aromatic heterocycles. The van der Waals surface area contributed by atoms with Crippen LogP contribution in [0.5, 0.6) is 11.5 Å². The number of hydrogen-bond donors (Lipinski definition) is 1. The lowest BCUT2D eigenvalue weighted by Crippen LogP contribution is -2.51. The van der Waals surface area contributed by atoms with E-state index in [0.29, 0.717) is 24.6 Å². The molecule has 1 heterocycles. The van der Waals surface area contributed by atoms with Gasteiger partial charge >= 0.3 is 5.97 Å². The number of nitrogens with one attached hydrogen (secondary N) is 1. The van der Waals surface area contributed by atoms with Gasteiger partial charge in [-0.05, 0) is 37.1 Å². The third kappa shape index (κ3) is 7.46. The van der Waals surface area contributed by atoms with Crippen molar-refractivity contribution in [2.24, 2.45) is 0 Å². The van der Waals surface area contributed by atoms with E-state index in [1.807, 2.05) is 56.3 Å². The van der Waals surface area contributed by atoms with Gasteiger partial charge < -0.3 is 19.5 Å². The van der Waals surface area contributed by atoms with Gasteiger partial charge in [-0.25, -0.2) is 0 Å². The molecular formula is C26H35N3O5. The molecule has 2 aromatic carbocycles. The largest absolute Gasteiger partial charge is 0.493 e. The summed E-state index contributed by atoms with van der Waals surface area (Å²) in [6.07, 6.45) is -0.402. The number of carbonyl (C=O) groups is 2. The van der Waals surface area contributed by atoms with Crippen LogP contribution in [0.4, 0.5) is 5.69 Å². The number of nitrogens with zero attached hydrogens (tertiary/aromatic N) is 2. The quantitative estimate of drug-likeness (QED) is 0.536. The fourth-order valence-electron chi connectivity index (χ4n) is 4.09. The first kappa shape index (κ1) is 25.5. The van der Waals surface area contributed by atoms with Gasteiger partial charge in [0.2, 0.25) is 5.91 Å². The Morgan fingerprint density at radius 2 is 1.56 bits per heavy atom. The van der Waals surface area contributed by atoms with Crippen molar-refractivity contribution in [3.63, 3.8) is 0 Å². The van der Waals surface area contributed by atoms with Crippen molar-refractivity contribution in [3.05, 3.63) is 53.6 Å². The van der Waals surface area contributed by atoms with Gasteiger partial charge in [0, 0.05) is 45.3 Å². The molecule has 8 heteroatoms. The molecule has 8 nitrogen and oxygen atoms in total. The Hall–Kier alpha value is -3.10. The Balaban J connectivity index is 1.47. The zero-order valence-corrected chi connectivity index (χ0v) is 20.5. The summed E-state index contributed by atoms with van der Waals surface area (Å²) >= 11 is 0. The predicted octanol–water partition coefficient (Wildman–Crippen LogP) is 2.88. The highest BCUT2D eigenvalue weighted by atomic mass is 16.6. The molecule has 0 saturated carbocycles. The van der Waals surface area contributed by atoms with Crippen LogP contribution in [-0.2, 0) is 14.3 Å². The maximum atomic E-state index is 12.6. The monoisotopic (exact) mass is 469 g/mol. The first-order valence-electron chi connectivity index (χ1n) is 11.6. The van der Waals surface area contributed by atoms with Crippen LogP contribution in [-0.4, -0.2) is 80.8 Å². The molecule has 34 heavy (non-hydrogen) atoms. The van der Waals surface area contributed by atoms with Crippen molar-refractivity contribution in [2.45, 2.75) is 26.9 Å². The lowest BCUT2D eigenvalue weighted by molar-refractivity contribution is -0.149. The van der Waals surface area contributed by atoms with Crippen LogP contribution < -0.4 is 14.8 Å². The van der Waals surface area contributed by atoms with Crippen molar-refractivity contribution < 1.29 is 23.8 Å². The van der Waals surface area contributed by atoms with Gasteiger partial charge in [-0.15, -0.1) is 0 Å². The second-order valence-electron chi connectivity index (χ2n) is 8.59. The van der Waals surface area contributed by atoms with Crippen molar-refractivity contribution in [2.75, 3.05) is 58.3 Å². The maximum absolute atomic E-state index is 12.6. The van der Waals surface area contributed by atoms with Gasteiger partial charge in [0.05, 0.1) is 13.7 Å². The topological polar surface area (TPSA) is 80.3 Å². The number of piperazine rings is 1. The lowest BCUT2D eigenvalue weighted by atomic mass is 10.1. The minimum atomic E-state index is -0.402. The second kappa shape index (κ2) is 12.4. The molecule has 184 valence electrons. The molecule has 1 fully saturated rings. The van der Waals surface area contributed by atoms with Gasteiger partial charge in [0.15, 0.2) is 11.5 Å². The molecule has 0 bridgehead atoms. The number of rotatable bonds is 10. The molecule has 0 radical (unpaired) electrons. The molecule has 0 aliphatic carbocycles. The summed E-state index contributed by atoms with van der Waals surface area (Å²) in [5.41, 5.74) is 3.01. The molecule has 1 atom stereocenters. The molecule has 1 aliphatic heterocycles. The van der Waals surface area contributed by atoms with Crippen LogP contribution in [0.15, 0.2) is 42.5 Å². The standard InChI is InChI=1S/C26H35N3O5/c1-19-8-7-9-20(2)26(19)27-25(31)17-29-14-12-28(13-15-29)16-22(34-21(3)30)18-33-24-11-6-5-10-23(24)32-4/h5-11,22H,12-18H2,1-4H3,(H,27,31). The van der Waals surface area contributed by atoms with Crippen LogP contribution in [0.3, 0.4) is 0 Å². The first-order valence-corrected chi connectivity index (χ1v) is 11.6. The van der Waals surface area contributed by atoms with E-state index in [1.165, 1.54) is 6.92 Å². The van der Waals surface area contributed by atoms with Crippen LogP contribution in [0.25, 0.3) is 0 Å². The van der Waals surface area contributed by atoms with E-state index in [4.69, 9.17) is 14.2 Å². The Morgan fingerprint density at radius 1 is 0.941 bits per heavy atom. The highest BCUT2D eigenvalue weighted by molar-refractivity contribution is 5.93. The minimum absolute atomic E-state index is 0.00570. The number of benzene rings is 2.